The van der Waals surface area contributed by atoms with Crippen molar-refractivity contribution in [3.63, 3.8) is 0 Å². The zero-order chi connectivity index (χ0) is 15.3. The molecule has 2 saturated heterocycles. The molecule has 4 rings (SSSR count). The molecule has 2 aromatic rings. The fraction of sp³-hybridized carbons (Fsp3) is 0.647. The highest BCUT2D eigenvalue weighted by molar-refractivity contribution is 5.57. The first-order valence-corrected chi connectivity index (χ1v) is 8.46. The van der Waals surface area contributed by atoms with Crippen LogP contribution in [0.15, 0.2) is 6.07 Å². The largest absolute Gasteiger partial charge is 0.355 e. The van der Waals surface area contributed by atoms with Crippen LogP contribution in [0.2, 0.25) is 0 Å². The standard InChI is InChI=1S/C17H25N5/c1-12-10-16(22-17(18-12)13(2)14(3)19-22)21-9-5-8-20-7-4-6-15(20)11-21/h10,15H,4-9,11H2,1-3H3/t15-/m0/s1. The summed E-state index contributed by atoms with van der Waals surface area (Å²) in [6.45, 7) is 11.0. The molecule has 5 heteroatoms. The van der Waals surface area contributed by atoms with Gasteiger partial charge in [0, 0.05) is 43.0 Å². The van der Waals surface area contributed by atoms with Crippen molar-refractivity contribution in [1.29, 1.82) is 0 Å². The van der Waals surface area contributed by atoms with E-state index >= 15 is 0 Å². The van der Waals surface area contributed by atoms with Gasteiger partial charge in [-0.3, -0.25) is 4.90 Å². The van der Waals surface area contributed by atoms with Gasteiger partial charge in [0.15, 0.2) is 5.65 Å². The van der Waals surface area contributed by atoms with Crippen LogP contribution in [0.3, 0.4) is 0 Å². The third-order valence-corrected chi connectivity index (χ3v) is 5.29. The predicted octanol–water partition coefficient (Wildman–Crippen LogP) is 2.33. The summed E-state index contributed by atoms with van der Waals surface area (Å²) in [4.78, 5) is 9.91. The Morgan fingerprint density at radius 1 is 1.09 bits per heavy atom. The zero-order valence-corrected chi connectivity index (χ0v) is 13.8. The second-order valence-corrected chi connectivity index (χ2v) is 6.83. The summed E-state index contributed by atoms with van der Waals surface area (Å²) in [6, 6.07) is 2.91. The normalized spacial score (nSPS) is 23.0. The van der Waals surface area contributed by atoms with E-state index in [-0.39, 0.29) is 0 Å². The van der Waals surface area contributed by atoms with Crippen molar-refractivity contribution in [3.05, 3.63) is 23.0 Å². The van der Waals surface area contributed by atoms with Crippen molar-refractivity contribution in [1.82, 2.24) is 19.5 Å². The second-order valence-electron chi connectivity index (χ2n) is 6.83. The molecule has 2 aliphatic rings. The maximum absolute atomic E-state index is 4.74. The maximum atomic E-state index is 4.74. The van der Waals surface area contributed by atoms with Crippen molar-refractivity contribution in [3.8, 4) is 0 Å². The summed E-state index contributed by atoms with van der Waals surface area (Å²) in [5, 5.41) is 4.74. The number of fused-ring (bicyclic) bond motifs is 2. The van der Waals surface area contributed by atoms with Crippen LogP contribution in [0.25, 0.3) is 5.65 Å². The van der Waals surface area contributed by atoms with Gasteiger partial charge >= 0.3 is 0 Å². The molecule has 1 atom stereocenters. The van der Waals surface area contributed by atoms with Crippen molar-refractivity contribution < 1.29 is 0 Å². The Morgan fingerprint density at radius 3 is 2.77 bits per heavy atom. The quantitative estimate of drug-likeness (QED) is 0.810. The third-order valence-electron chi connectivity index (χ3n) is 5.29. The van der Waals surface area contributed by atoms with E-state index in [1.807, 2.05) is 0 Å². The van der Waals surface area contributed by atoms with Crippen molar-refractivity contribution in [2.45, 2.75) is 46.1 Å². The lowest BCUT2D eigenvalue weighted by Crippen LogP contribution is -2.37. The average Bonchev–Trinajstić information content (AvgIpc) is 2.98. The smallest absolute Gasteiger partial charge is 0.160 e. The number of aryl methyl sites for hydroxylation is 3. The average molecular weight is 299 g/mol. The van der Waals surface area contributed by atoms with E-state index < -0.39 is 0 Å². The van der Waals surface area contributed by atoms with Crippen LogP contribution < -0.4 is 4.90 Å². The van der Waals surface area contributed by atoms with Crippen LogP contribution in [0.4, 0.5) is 5.82 Å². The molecule has 22 heavy (non-hydrogen) atoms. The molecule has 0 N–H and O–H groups in total. The fourth-order valence-electron chi connectivity index (χ4n) is 3.97. The van der Waals surface area contributed by atoms with Crippen LogP contribution in [-0.2, 0) is 0 Å². The molecule has 0 aromatic carbocycles. The number of hydrogen-bond acceptors (Lipinski definition) is 4. The molecule has 0 amide bonds. The molecule has 118 valence electrons. The first kappa shape index (κ1) is 14.0. The molecule has 2 fully saturated rings. The molecule has 0 bridgehead atoms. The number of hydrogen-bond donors (Lipinski definition) is 0. The van der Waals surface area contributed by atoms with Gasteiger partial charge in [-0.15, -0.1) is 0 Å². The van der Waals surface area contributed by atoms with Crippen LogP contribution in [0, 0.1) is 20.8 Å². The number of rotatable bonds is 1. The van der Waals surface area contributed by atoms with Crippen LogP contribution >= 0.6 is 0 Å². The Hall–Kier alpha value is -1.62. The fourth-order valence-corrected chi connectivity index (χ4v) is 3.97. The SMILES string of the molecule is Cc1cc(N2CCCN3CCC[C@H]3C2)n2nc(C)c(C)c2n1. The molecule has 0 radical (unpaired) electrons. The van der Waals surface area contributed by atoms with Crippen molar-refractivity contribution in [2.75, 3.05) is 31.1 Å². The molecular formula is C17H25N5. The summed E-state index contributed by atoms with van der Waals surface area (Å²) in [5.74, 6) is 1.22. The van der Waals surface area contributed by atoms with E-state index in [2.05, 4.69) is 41.2 Å². The van der Waals surface area contributed by atoms with E-state index in [0.717, 1.165) is 30.1 Å². The lowest BCUT2D eigenvalue weighted by atomic mass is 10.2. The van der Waals surface area contributed by atoms with Gasteiger partial charge in [0.25, 0.3) is 0 Å². The molecule has 5 nitrogen and oxygen atoms in total. The molecule has 0 saturated carbocycles. The molecule has 0 spiro atoms. The molecular weight excluding hydrogens is 274 g/mol. The Morgan fingerprint density at radius 2 is 1.91 bits per heavy atom. The van der Waals surface area contributed by atoms with Crippen LogP contribution in [0.1, 0.15) is 36.2 Å². The van der Waals surface area contributed by atoms with Gasteiger partial charge in [-0.25, -0.2) is 4.98 Å². The Bertz CT molecular complexity index is 705. The van der Waals surface area contributed by atoms with E-state index in [1.165, 1.54) is 43.7 Å². The lowest BCUT2D eigenvalue weighted by molar-refractivity contribution is 0.273. The van der Waals surface area contributed by atoms with Gasteiger partial charge in [-0.05, 0) is 46.6 Å². The summed E-state index contributed by atoms with van der Waals surface area (Å²) in [5.41, 5.74) is 4.37. The van der Waals surface area contributed by atoms with Crippen molar-refractivity contribution >= 4 is 11.5 Å². The highest BCUT2D eigenvalue weighted by Gasteiger charge is 2.29. The molecule has 2 aromatic heterocycles. The van der Waals surface area contributed by atoms with Gasteiger partial charge in [-0.1, -0.05) is 0 Å². The summed E-state index contributed by atoms with van der Waals surface area (Å²) in [7, 11) is 0. The molecule has 0 aliphatic carbocycles. The first-order valence-electron chi connectivity index (χ1n) is 8.46. The molecule has 2 aliphatic heterocycles. The van der Waals surface area contributed by atoms with Gasteiger partial charge in [-0.2, -0.15) is 9.61 Å². The van der Waals surface area contributed by atoms with Gasteiger partial charge in [0.1, 0.15) is 5.82 Å². The summed E-state index contributed by atoms with van der Waals surface area (Å²) >= 11 is 0. The maximum Gasteiger partial charge on any atom is 0.160 e. The Balaban J connectivity index is 1.77. The van der Waals surface area contributed by atoms with E-state index in [4.69, 9.17) is 10.1 Å². The predicted molar refractivity (Wildman–Crippen MR) is 88.6 cm³/mol. The van der Waals surface area contributed by atoms with Crippen LogP contribution in [0.5, 0.6) is 0 Å². The van der Waals surface area contributed by atoms with E-state index in [9.17, 15) is 0 Å². The minimum absolute atomic E-state index is 0.712. The van der Waals surface area contributed by atoms with E-state index in [0.29, 0.717) is 6.04 Å². The lowest BCUT2D eigenvalue weighted by Gasteiger charge is -2.27. The number of nitrogens with zero attached hydrogens (tertiary/aromatic N) is 5. The zero-order valence-electron chi connectivity index (χ0n) is 13.8. The first-order chi connectivity index (χ1) is 10.6. The Labute approximate surface area is 131 Å². The highest BCUT2D eigenvalue weighted by atomic mass is 15.4. The topological polar surface area (TPSA) is 36.7 Å². The number of anilines is 1. The Kier molecular flexibility index (Phi) is 3.33. The monoisotopic (exact) mass is 299 g/mol. The van der Waals surface area contributed by atoms with Crippen LogP contribution in [-0.4, -0.2) is 51.7 Å². The minimum Gasteiger partial charge on any atom is -0.355 e. The van der Waals surface area contributed by atoms with Gasteiger partial charge in [0.2, 0.25) is 0 Å². The van der Waals surface area contributed by atoms with Gasteiger partial charge < -0.3 is 4.90 Å². The summed E-state index contributed by atoms with van der Waals surface area (Å²) < 4.78 is 2.06. The van der Waals surface area contributed by atoms with Gasteiger partial charge in [0.05, 0.1) is 5.69 Å². The van der Waals surface area contributed by atoms with E-state index in [1.54, 1.807) is 0 Å². The number of aromatic nitrogens is 3. The van der Waals surface area contributed by atoms with Crippen molar-refractivity contribution in [2.24, 2.45) is 0 Å². The highest BCUT2D eigenvalue weighted by Crippen LogP contribution is 2.26. The summed E-state index contributed by atoms with van der Waals surface area (Å²) in [6.07, 6.45) is 3.92. The third kappa shape index (κ3) is 2.19. The molecule has 4 heterocycles. The second kappa shape index (κ2) is 5.23. The minimum atomic E-state index is 0.712. The molecule has 0 unspecified atom stereocenters.